The molecule has 0 spiro atoms. The molecule has 0 aliphatic rings. The average Bonchev–Trinajstić information content (AvgIpc) is 2.28. The molecule has 1 aromatic rings. The lowest BCUT2D eigenvalue weighted by Crippen LogP contribution is -2.32. The summed E-state index contributed by atoms with van der Waals surface area (Å²) in [5.74, 6) is 0.541. The van der Waals surface area contributed by atoms with Gasteiger partial charge in [-0.2, -0.15) is 0 Å². The summed E-state index contributed by atoms with van der Waals surface area (Å²) >= 11 is 0. The van der Waals surface area contributed by atoms with Crippen LogP contribution in [0.4, 0.5) is 0 Å². The molecule has 0 aliphatic heterocycles. The highest BCUT2D eigenvalue weighted by molar-refractivity contribution is 5.85. The molecule has 1 amide bonds. The number of hydrogen-bond acceptors (Lipinski definition) is 2. The number of hydrogen-bond donors (Lipinski definition) is 2. The smallest absolute Gasteiger partial charge is 0.234 e. The molecule has 0 fully saturated rings. The minimum absolute atomic E-state index is 0. The summed E-state index contributed by atoms with van der Waals surface area (Å²) in [4.78, 5) is 11.2. The van der Waals surface area contributed by atoms with Crippen molar-refractivity contribution >= 4 is 18.3 Å². The van der Waals surface area contributed by atoms with Gasteiger partial charge in [0.25, 0.3) is 0 Å². The standard InChI is InChI=1S/C14H22N2O.ClH/c1-10(2)8-12-4-6-13(7-5-12)11(3)16-14(17)9-15;/h4-7,10-11H,8-9,15H2,1-3H3,(H,16,17);1H. The van der Waals surface area contributed by atoms with Gasteiger partial charge in [0.2, 0.25) is 5.91 Å². The molecular formula is C14H23ClN2O. The van der Waals surface area contributed by atoms with Gasteiger partial charge in [0.1, 0.15) is 0 Å². The predicted molar refractivity (Wildman–Crippen MR) is 77.8 cm³/mol. The number of nitrogens with one attached hydrogen (secondary N) is 1. The summed E-state index contributed by atoms with van der Waals surface area (Å²) in [5, 5.41) is 2.84. The highest BCUT2D eigenvalue weighted by Crippen LogP contribution is 2.15. The quantitative estimate of drug-likeness (QED) is 0.863. The van der Waals surface area contributed by atoms with Crippen LogP contribution in [0.2, 0.25) is 0 Å². The van der Waals surface area contributed by atoms with E-state index >= 15 is 0 Å². The molecule has 0 saturated carbocycles. The summed E-state index contributed by atoms with van der Waals surface area (Å²) in [6, 6.07) is 8.40. The lowest BCUT2D eigenvalue weighted by molar-refractivity contribution is -0.120. The van der Waals surface area contributed by atoms with E-state index in [-0.39, 0.29) is 30.9 Å². The van der Waals surface area contributed by atoms with Crippen LogP contribution in [0.15, 0.2) is 24.3 Å². The minimum Gasteiger partial charge on any atom is -0.348 e. The molecule has 3 nitrogen and oxygen atoms in total. The summed E-state index contributed by atoms with van der Waals surface area (Å²) in [5.41, 5.74) is 7.71. The first-order valence-corrected chi connectivity index (χ1v) is 6.11. The van der Waals surface area contributed by atoms with Crippen molar-refractivity contribution in [3.8, 4) is 0 Å². The van der Waals surface area contributed by atoms with Crippen LogP contribution >= 0.6 is 12.4 Å². The van der Waals surface area contributed by atoms with E-state index in [9.17, 15) is 4.79 Å². The van der Waals surface area contributed by atoms with Crippen LogP contribution in [0.1, 0.15) is 37.9 Å². The Hall–Kier alpha value is -1.06. The zero-order chi connectivity index (χ0) is 12.8. The third-order valence-corrected chi connectivity index (χ3v) is 2.69. The molecule has 0 aromatic heterocycles. The summed E-state index contributed by atoms with van der Waals surface area (Å²) in [7, 11) is 0. The molecule has 4 heteroatoms. The number of amides is 1. The van der Waals surface area contributed by atoms with Crippen LogP contribution in [-0.2, 0) is 11.2 Å². The summed E-state index contributed by atoms with van der Waals surface area (Å²) in [6.07, 6.45) is 1.09. The van der Waals surface area contributed by atoms with Gasteiger partial charge in [-0.15, -0.1) is 12.4 Å². The molecule has 1 unspecified atom stereocenters. The molecule has 18 heavy (non-hydrogen) atoms. The van der Waals surface area contributed by atoms with E-state index in [1.165, 1.54) is 5.56 Å². The highest BCUT2D eigenvalue weighted by atomic mass is 35.5. The third-order valence-electron chi connectivity index (χ3n) is 2.69. The maximum Gasteiger partial charge on any atom is 0.234 e. The Morgan fingerprint density at radius 2 is 1.78 bits per heavy atom. The third kappa shape index (κ3) is 5.52. The number of carbonyl (C=O) groups is 1. The molecule has 102 valence electrons. The number of halogens is 1. The van der Waals surface area contributed by atoms with Gasteiger partial charge in [0.05, 0.1) is 12.6 Å². The fourth-order valence-electron chi connectivity index (χ4n) is 1.80. The van der Waals surface area contributed by atoms with E-state index in [1.54, 1.807) is 0 Å². The summed E-state index contributed by atoms with van der Waals surface area (Å²) < 4.78 is 0. The van der Waals surface area contributed by atoms with Crippen LogP contribution in [-0.4, -0.2) is 12.5 Å². The minimum atomic E-state index is -0.122. The Morgan fingerprint density at radius 3 is 2.22 bits per heavy atom. The lowest BCUT2D eigenvalue weighted by Gasteiger charge is -2.14. The van der Waals surface area contributed by atoms with E-state index in [4.69, 9.17) is 5.73 Å². The lowest BCUT2D eigenvalue weighted by atomic mass is 10.00. The second kappa shape index (κ2) is 8.11. The van der Waals surface area contributed by atoms with Gasteiger partial charge >= 0.3 is 0 Å². The second-order valence-corrected chi connectivity index (χ2v) is 4.83. The molecule has 1 aromatic carbocycles. The van der Waals surface area contributed by atoms with Crippen molar-refractivity contribution in [3.05, 3.63) is 35.4 Å². The summed E-state index contributed by atoms with van der Waals surface area (Å²) in [6.45, 7) is 6.41. The van der Waals surface area contributed by atoms with Gasteiger partial charge in [-0.3, -0.25) is 4.79 Å². The first-order chi connectivity index (χ1) is 8.02. The molecule has 1 rings (SSSR count). The van der Waals surface area contributed by atoms with E-state index < -0.39 is 0 Å². The number of rotatable bonds is 5. The molecule has 1 atom stereocenters. The maximum atomic E-state index is 11.2. The molecule has 0 aliphatic carbocycles. The van der Waals surface area contributed by atoms with Gasteiger partial charge in [0.15, 0.2) is 0 Å². The Morgan fingerprint density at radius 1 is 1.22 bits per heavy atom. The molecule has 0 radical (unpaired) electrons. The first kappa shape index (κ1) is 16.9. The monoisotopic (exact) mass is 270 g/mol. The van der Waals surface area contributed by atoms with Crippen molar-refractivity contribution in [3.63, 3.8) is 0 Å². The van der Waals surface area contributed by atoms with Crippen LogP contribution in [0.3, 0.4) is 0 Å². The van der Waals surface area contributed by atoms with E-state index in [0.717, 1.165) is 12.0 Å². The Kier molecular flexibility index (Phi) is 7.64. The number of nitrogens with two attached hydrogens (primary N) is 1. The zero-order valence-electron chi connectivity index (χ0n) is 11.3. The topological polar surface area (TPSA) is 55.1 Å². The fraction of sp³-hybridized carbons (Fsp3) is 0.500. The first-order valence-electron chi connectivity index (χ1n) is 6.11. The Labute approximate surface area is 116 Å². The highest BCUT2D eigenvalue weighted by Gasteiger charge is 2.08. The number of benzene rings is 1. The largest absolute Gasteiger partial charge is 0.348 e. The fourth-order valence-corrected chi connectivity index (χ4v) is 1.80. The van der Waals surface area contributed by atoms with Crippen molar-refractivity contribution in [1.29, 1.82) is 0 Å². The number of carbonyl (C=O) groups excluding carboxylic acids is 1. The van der Waals surface area contributed by atoms with Crippen LogP contribution in [0.25, 0.3) is 0 Å². The van der Waals surface area contributed by atoms with Crippen molar-refractivity contribution in [2.24, 2.45) is 11.7 Å². The van der Waals surface area contributed by atoms with Crippen molar-refractivity contribution < 1.29 is 4.79 Å². The van der Waals surface area contributed by atoms with Crippen LogP contribution in [0, 0.1) is 5.92 Å². The van der Waals surface area contributed by atoms with Gasteiger partial charge in [0, 0.05) is 0 Å². The van der Waals surface area contributed by atoms with Gasteiger partial charge in [-0.05, 0) is 30.4 Å². The average molecular weight is 271 g/mol. The Balaban J connectivity index is 0.00000289. The van der Waals surface area contributed by atoms with Crippen molar-refractivity contribution in [1.82, 2.24) is 5.32 Å². The predicted octanol–water partition coefficient (Wildman–Crippen LogP) is 2.44. The van der Waals surface area contributed by atoms with E-state index in [2.05, 4.69) is 43.4 Å². The molecular weight excluding hydrogens is 248 g/mol. The normalized spacial score (nSPS) is 11.8. The molecule has 3 N–H and O–H groups in total. The van der Waals surface area contributed by atoms with Gasteiger partial charge < -0.3 is 11.1 Å². The van der Waals surface area contributed by atoms with Crippen LogP contribution < -0.4 is 11.1 Å². The van der Waals surface area contributed by atoms with Crippen LogP contribution in [0.5, 0.6) is 0 Å². The Bertz CT molecular complexity index is 363. The van der Waals surface area contributed by atoms with Gasteiger partial charge in [-0.1, -0.05) is 38.1 Å². The molecule has 0 bridgehead atoms. The maximum absolute atomic E-state index is 11.2. The van der Waals surface area contributed by atoms with Crippen molar-refractivity contribution in [2.75, 3.05) is 6.54 Å². The second-order valence-electron chi connectivity index (χ2n) is 4.83. The SMILES string of the molecule is CC(C)Cc1ccc(C(C)NC(=O)CN)cc1.Cl. The van der Waals surface area contributed by atoms with Crippen molar-refractivity contribution in [2.45, 2.75) is 33.2 Å². The molecule has 0 saturated heterocycles. The zero-order valence-corrected chi connectivity index (χ0v) is 12.1. The molecule has 0 heterocycles. The van der Waals surface area contributed by atoms with E-state index in [0.29, 0.717) is 5.92 Å². The van der Waals surface area contributed by atoms with E-state index in [1.807, 2.05) is 6.92 Å². The van der Waals surface area contributed by atoms with Gasteiger partial charge in [-0.25, -0.2) is 0 Å².